The summed E-state index contributed by atoms with van der Waals surface area (Å²) in [5.74, 6) is 0.968. The number of aromatic nitrogens is 2. The number of imidazole rings is 1. The molecular weight excluding hydrogens is 244 g/mol. The highest BCUT2D eigenvalue weighted by Crippen LogP contribution is 1.81. The molecule has 1 N–H and O–H groups in total. The second-order valence-electron chi connectivity index (χ2n) is 2.79. The predicted octanol–water partition coefficient (Wildman–Crippen LogP) is 3.12. The molecular formula is C10H21BrN2O. The van der Waals surface area contributed by atoms with Crippen LogP contribution in [0.2, 0.25) is 0 Å². The van der Waals surface area contributed by atoms with Crippen LogP contribution in [0.5, 0.6) is 0 Å². The number of aromatic amines is 1. The van der Waals surface area contributed by atoms with Gasteiger partial charge in [0.05, 0.1) is 0 Å². The van der Waals surface area contributed by atoms with Crippen molar-refractivity contribution in [3.63, 3.8) is 0 Å². The lowest BCUT2D eigenvalue weighted by Gasteiger charge is -1.95. The van der Waals surface area contributed by atoms with E-state index in [1.54, 1.807) is 12.4 Å². The first-order valence-corrected chi connectivity index (χ1v) is 4.85. The summed E-state index contributed by atoms with van der Waals surface area (Å²) in [4.78, 5) is 6.75. The van der Waals surface area contributed by atoms with E-state index in [1.165, 1.54) is 0 Å². The van der Waals surface area contributed by atoms with Crippen LogP contribution in [0, 0.1) is 6.92 Å². The van der Waals surface area contributed by atoms with E-state index >= 15 is 0 Å². The first kappa shape index (κ1) is 16.1. The fourth-order valence-electron chi connectivity index (χ4n) is 0.735. The zero-order chi connectivity index (χ0) is 9.94. The third-order valence-electron chi connectivity index (χ3n) is 1.33. The van der Waals surface area contributed by atoms with Crippen LogP contribution in [0.25, 0.3) is 0 Å². The van der Waals surface area contributed by atoms with E-state index in [-0.39, 0.29) is 17.0 Å². The summed E-state index contributed by atoms with van der Waals surface area (Å²) in [5, 5.41) is 0. The zero-order valence-electron chi connectivity index (χ0n) is 9.25. The number of nitrogens with one attached hydrogen (secondary N) is 1. The smallest absolute Gasteiger partial charge is 0.102 e. The molecule has 14 heavy (non-hydrogen) atoms. The van der Waals surface area contributed by atoms with Crippen molar-refractivity contribution in [3.05, 3.63) is 18.2 Å². The van der Waals surface area contributed by atoms with Gasteiger partial charge in [0.25, 0.3) is 0 Å². The van der Waals surface area contributed by atoms with Gasteiger partial charge in [-0.1, -0.05) is 13.8 Å². The second kappa shape index (κ2) is 12.7. The molecule has 1 heterocycles. The zero-order valence-corrected chi connectivity index (χ0v) is 11.0. The molecule has 0 unspecified atom stereocenters. The summed E-state index contributed by atoms with van der Waals surface area (Å²) in [5.41, 5.74) is 0. The molecule has 0 atom stereocenters. The van der Waals surface area contributed by atoms with Crippen LogP contribution < -0.4 is 0 Å². The Morgan fingerprint density at radius 1 is 1.29 bits per heavy atom. The number of rotatable bonds is 4. The lowest BCUT2D eigenvalue weighted by atomic mass is 10.5. The maximum Gasteiger partial charge on any atom is 0.102 e. The topological polar surface area (TPSA) is 37.9 Å². The average Bonchev–Trinajstić information content (AvgIpc) is 2.58. The number of H-pyrrole nitrogens is 1. The van der Waals surface area contributed by atoms with Crippen molar-refractivity contribution in [2.45, 2.75) is 33.6 Å². The Hall–Kier alpha value is -0.350. The molecule has 0 amide bonds. The van der Waals surface area contributed by atoms with Crippen molar-refractivity contribution in [2.75, 3.05) is 13.2 Å². The number of hydrogen-bond acceptors (Lipinski definition) is 2. The summed E-state index contributed by atoms with van der Waals surface area (Å²) >= 11 is 0. The molecule has 1 aromatic rings. The molecule has 0 aliphatic rings. The molecule has 0 aliphatic heterocycles. The first-order valence-electron chi connectivity index (χ1n) is 4.85. The SMILES string of the molecule is Br.CCCOCCC.Cc1ncc[nH]1. The minimum atomic E-state index is 0. The van der Waals surface area contributed by atoms with Gasteiger partial charge >= 0.3 is 0 Å². The van der Waals surface area contributed by atoms with E-state index in [2.05, 4.69) is 23.8 Å². The van der Waals surface area contributed by atoms with Crippen LogP contribution in [0.15, 0.2) is 12.4 Å². The van der Waals surface area contributed by atoms with Gasteiger partial charge in [0.1, 0.15) is 5.82 Å². The summed E-state index contributed by atoms with van der Waals surface area (Å²) in [7, 11) is 0. The van der Waals surface area contributed by atoms with E-state index in [4.69, 9.17) is 4.74 Å². The Kier molecular flexibility index (Phi) is 14.5. The Morgan fingerprint density at radius 3 is 2.07 bits per heavy atom. The monoisotopic (exact) mass is 264 g/mol. The van der Waals surface area contributed by atoms with Gasteiger partial charge in [0.15, 0.2) is 0 Å². The number of ether oxygens (including phenoxy) is 1. The number of halogens is 1. The third-order valence-corrected chi connectivity index (χ3v) is 1.33. The number of aryl methyl sites for hydroxylation is 1. The van der Waals surface area contributed by atoms with Crippen LogP contribution in [-0.4, -0.2) is 23.2 Å². The van der Waals surface area contributed by atoms with Gasteiger partial charge < -0.3 is 9.72 Å². The standard InChI is InChI=1S/C6H14O.C4H6N2.BrH/c1-3-5-7-6-4-2;1-4-5-2-3-6-4;/h3-6H2,1-2H3;2-3H,1H3,(H,5,6);1H. The Morgan fingerprint density at radius 2 is 1.86 bits per heavy atom. The van der Waals surface area contributed by atoms with Crippen molar-refractivity contribution in [3.8, 4) is 0 Å². The van der Waals surface area contributed by atoms with Crippen molar-refractivity contribution in [1.82, 2.24) is 9.97 Å². The van der Waals surface area contributed by atoms with Crippen LogP contribution in [0.4, 0.5) is 0 Å². The van der Waals surface area contributed by atoms with Gasteiger partial charge in [-0.25, -0.2) is 4.98 Å². The van der Waals surface area contributed by atoms with Gasteiger partial charge in [-0.05, 0) is 19.8 Å². The normalized spacial score (nSPS) is 8.50. The third kappa shape index (κ3) is 11.6. The largest absolute Gasteiger partial charge is 0.381 e. The molecule has 0 saturated carbocycles. The summed E-state index contributed by atoms with van der Waals surface area (Å²) in [6.07, 6.45) is 5.81. The Bertz CT molecular complexity index is 174. The predicted molar refractivity (Wildman–Crippen MR) is 65.0 cm³/mol. The van der Waals surface area contributed by atoms with E-state index < -0.39 is 0 Å². The average molecular weight is 265 g/mol. The quantitative estimate of drug-likeness (QED) is 0.849. The highest BCUT2D eigenvalue weighted by atomic mass is 79.9. The first-order chi connectivity index (χ1) is 6.31. The molecule has 0 aromatic carbocycles. The lowest BCUT2D eigenvalue weighted by molar-refractivity contribution is 0.135. The van der Waals surface area contributed by atoms with Crippen LogP contribution in [0.1, 0.15) is 32.5 Å². The molecule has 0 fully saturated rings. The summed E-state index contributed by atoms with van der Waals surface area (Å²) in [6.45, 7) is 8.01. The van der Waals surface area contributed by atoms with Crippen molar-refractivity contribution < 1.29 is 4.74 Å². The summed E-state index contributed by atoms with van der Waals surface area (Å²) in [6, 6.07) is 0. The molecule has 4 heteroatoms. The molecule has 0 bridgehead atoms. The number of nitrogens with zero attached hydrogens (tertiary/aromatic N) is 1. The highest BCUT2D eigenvalue weighted by Gasteiger charge is 1.78. The number of hydrogen-bond donors (Lipinski definition) is 1. The van der Waals surface area contributed by atoms with E-state index in [1.807, 2.05) is 6.92 Å². The molecule has 0 saturated heterocycles. The van der Waals surface area contributed by atoms with Crippen LogP contribution in [-0.2, 0) is 4.74 Å². The fourth-order valence-corrected chi connectivity index (χ4v) is 0.735. The van der Waals surface area contributed by atoms with Gasteiger partial charge in [-0.3, -0.25) is 0 Å². The fraction of sp³-hybridized carbons (Fsp3) is 0.700. The lowest BCUT2D eigenvalue weighted by Crippen LogP contribution is -1.92. The molecule has 0 aliphatic carbocycles. The van der Waals surface area contributed by atoms with E-state index in [9.17, 15) is 0 Å². The van der Waals surface area contributed by atoms with Gasteiger partial charge in [0.2, 0.25) is 0 Å². The molecule has 0 radical (unpaired) electrons. The van der Waals surface area contributed by atoms with Crippen molar-refractivity contribution in [2.24, 2.45) is 0 Å². The van der Waals surface area contributed by atoms with E-state index in [0.717, 1.165) is 31.9 Å². The Balaban J connectivity index is 0. The molecule has 0 spiro atoms. The molecule has 1 rings (SSSR count). The van der Waals surface area contributed by atoms with Crippen molar-refractivity contribution in [1.29, 1.82) is 0 Å². The summed E-state index contributed by atoms with van der Waals surface area (Å²) < 4.78 is 5.13. The van der Waals surface area contributed by atoms with Crippen molar-refractivity contribution >= 4 is 17.0 Å². The van der Waals surface area contributed by atoms with E-state index in [0.29, 0.717) is 0 Å². The molecule has 1 aromatic heterocycles. The van der Waals surface area contributed by atoms with Crippen LogP contribution in [0.3, 0.4) is 0 Å². The van der Waals surface area contributed by atoms with Crippen LogP contribution >= 0.6 is 17.0 Å². The van der Waals surface area contributed by atoms with Gasteiger partial charge in [-0.15, -0.1) is 17.0 Å². The highest BCUT2D eigenvalue weighted by molar-refractivity contribution is 8.93. The second-order valence-corrected chi connectivity index (χ2v) is 2.79. The molecule has 3 nitrogen and oxygen atoms in total. The maximum absolute atomic E-state index is 5.13. The van der Waals surface area contributed by atoms with Gasteiger partial charge in [0, 0.05) is 25.6 Å². The molecule has 84 valence electrons. The van der Waals surface area contributed by atoms with Gasteiger partial charge in [-0.2, -0.15) is 0 Å². The minimum Gasteiger partial charge on any atom is -0.381 e. The Labute approximate surface area is 97.0 Å². The minimum absolute atomic E-state index is 0. The maximum atomic E-state index is 5.13.